The van der Waals surface area contributed by atoms with Crippen molar-refractivity contribution in [3.63, 3.8) is 0 Å². The van der Waals surface area contributed by atoms with Gasteiger partial charge in [-0.25, -0.2) is 0 Å². The molecule has 1 N–H and O–H groups in total. The van der Waals surface area contributed by atoms with Crippen molar-refractivity contribution >= 4 is 0 Å². The molecule has 0 radical (unpaired) electrons. The van der Waals surface area contributed by atoms with Crippen molar-refractivity contribution in [3.8, 4) is 0 Å². The minimum absolute atomic E-state index is 0.680. The zero-order valence-corrected chi connectivity index (χ0v) is 13.1. The molecule has 0 aromatic carbocycles. The lowest BCUT2D eigenvalue weighted by atomic mass is 9.92. The Labute approximate surface area is 114 Å². The number of nitrogens with zero attached hydrogens (tertiary/aromatic N) is 2. The lowest BCUT2D eigenvalue weighted by molar-refractivity contribution is 0.174. The number of piperidine rings is 1. The van der Waals surface area contributed by atoms with Gasteiger partial charge in [-0.15, -0.1) is 0 Å². The van der Waals surface area contributed by atoms with E-state index < -0.39 is 0 Å². The Morgan fingerprint density at radius 2 is 1.72 bits per heavy atom. The molecule has 3 heteroatoms. The van der Waals surface area contributed by atoms with Crippen LogP contribution >= 0.6 is 0 Å². The van der Waals surface area contributed by atoms with E-state index in [0.717, 1.165) is 18.5 Å². The van der Waals surface area contributed by atoms with Gasteiger partial charge in [-0.2, -0.15) is 0 Å². The summed E-state index contributed by atoms with van der Waals surface area (Å²) < 4.78 is 0. The van der Waals surface area contributed by atoms with Crippen LogP contribution in [-0.2, 0) is 0 Å². The summed E-state index contributed by atoms with van der Waals surface area (Å²) in [5, 5.41) is 3.80. The Balaban J connectivity index is 2.37. The molecule has 1 fully saturated rings. The van der Waals surface area contributed by atoms with Crippen LogP contribution < -0.4 is 5.32 Å². The SMILES string of the molecule is CCC(CC)C(CNC1CCN(C)CC1)N(C)C. The Kier molecular flexibility index (Phi) is 7.20. The first-order chi connectivity index (χ1) is 8.58. The van der Waals surface area contributed by atoms with Gasteiger partial charge >= 0.3 is 0 Å². The first kappa shape index (κ1) is 15.9. The quantitative estimate of drug-likeness (QED) is 0.751. The molecule has 0 aliphatic carbocycles. The smallest absolute Gasteiger partial charge is 0.0242 e. The van der Waals surface area contributed by atoms with E-state index in [4.69, 9.17) is 0 Å². The van der Waals surface area contributed by atoms with Crippen LogP contribution in [0.5, 0.6) is 0 Å². The van der Waals surface area contributed by atoms with E-state index in [9.17, 15) is 0 Å². The zero-order chi connectivity index (χ0) is 13.5. The maximum Gasteiger partial charge on any atom is 0.0242 e. The van der Waals surface area contributed by atoms with Gasteiger partial charge in [0, 0.05) is 18.6 Å². The fourth-order valence-corrected chi connectivity index (χ4v) is 3.10. The maximum atomic E-state index is 3.80. The van der Waals surface area contributed by atoms with Crippen LogP contribution in [0.4, 0.5) is 0 Å². The molecule has 18 heavy (non-hydrogen) atoms. The van der Waals surface area contributed by atoms with Crippen molar-refractivity contribution in [1.29, 1.82) is 0 Å². The predicted molar refractivity (Wildman–Crippen MR) is 80.1 cm³/mol. The van der Waals surface area contributed by atoms with E-state index in [2.05, 4.69) is 50.1 Å². The van der Waals surface area contributed by atoms with Crippen LogP contribution in [0.3, 0.4) is 0 Å². The Bertz CT molecular complexity index is 206. The highest BCUT2D eigenvalue weighted by atomic mass is 15.1. The molecule has 1 aliphatic rings. The third kappa shape index (κ3) is 4.87. The number of rotatable bonds is 7. The molecular weight excluding hydrogens is 222 g/mol. The average Bonchev–Trinajstić information content (AvgIpc) is 2.36. The molecule has 0 bridgehead atoms. The second-order valence-corrected chi connectivity index (χ2v) is 6.09. The van der Waals surface area contributed by atoms with Crippen molar-refractivity contribution in [2.45, 2.75) is 51.6 Å². The predicted octanol–water partition coefficient (Wildman–Crippen LogP) is 2.04. The Morgan fingerprint density at radius 1 is 1.17 bits per heavy atom. The van der Waals surface area contributed by atoms with Crippen LogP contribution in [-0.4, -0.2) is 62.7 Å². The third-order valence-electron chi connectivity index (χ3n) is 4.59. The van der Waals surface area contributed by atoms with E-state index in [1.807, 2.05) is 0 Å². The van der Waals surface area contributed by atoms with Crippen LogP contribution in [0.25, 0.3) is 0 Å². The molecule has 1 atom stereocenters. The van der Waals surface area contributed by atoms with E-state index in [1.54, 1.807) is 0 Å². The largest absolute Gasteiger partial charge is 0.312 e. The zero-order valence-electron chi connectivity index (χ0n) is 13.1. The minimum atomic E-state index is 0.680. The van der Waals surface area contributed by atoms with Crippen LogP contribution in [0.15, 0.2) is 0 Å². The molecule has 0 aromatic heterocycles. The average molecular weight is 255 g/mol. The van der Waals surface area contributed by atoms with Gasteiger partial charge < -0.3 is 15.1 Å². The van der Waals surface area contributed by atoms with E-state index in [1.165, 1.54) is 38.8 Å². The summed E-state index contributed by atoms with van der Waals surface area (Å²) in [5.41, 5.74) is 0. The maximum absolute atomic E-state index is 3.80. The fraction of sp³-hybridized carbons (Fsp3) is 1.00. The van der Waals surface area contributed by atoms with Gasteiger partial charge in [-0.3, -0.25) is 0 Å². The molecule has 1 unspecified atom stereocenters. The van der Waals surface area contributed by atoms with Crippen LogP contribution in [0.2, 0.25) is 0 Å². The molecule has 0 amide bonds. The second-order valence-electron chi connectivity index (χ2n) is 6.09. The van der Waals surface area contributed by atoms with Crippen LogP contribution in [0, 0.1) is 5.92 Å². The highest BCUT2D eigenvalue weighted by molar-refractivity contribution is 4.81. The highest BCUT2D eigenvalue weighted by Gasteiger charge is 2.23. The van der Waals surface area contributed by atoms with Gasteiger partial charge in [0.2, 0.25) is 0 Å². The molecular formula is C15H33N3. The Morgan fingerprint density at radius 3 is 2.17 bits per heavy atom. The molecule has 1 saturated heterocycles. The van der Waals surface area contributed by atoms with Gasteiger partial charge in [-0.05, 0) is 53.0 Å². The normalized spacial score (nSPS) is 20.8. The summed E-state index contributed by atoms with van der Waals surface area (Å²) >= 11 is 0. The van der Waals surface area contributed by atoms with Crippen molar-refractivity contribution in [3.05, 3.63) is 0 Å². The highest BCUT2D eigenvalue weighted by Crippen LogP contribution is 2.17. The van der Waals surface area contributed by atoms with Gasteiger partial charge in [0.15, 0.2) is 0 Å². The first-order valence-corrected chi connectivity index (χ1v) is 7.66. The molecule has 0 spiro atoms. The summed E-state index contributed by atoms with van der Waals surface area (Å²) in [6.07, 6.45) is 5.18. The van der Waals surface area contributed by atoms with Gasteiger partial charge in [-0.1, -0.05) is 26.7 Å². The standard InChI is InChI=1S/C15H33N3/c1-6-13(7-2)15(17(3)4)12-16-14-8-10-18(5)11-9-14/h13-16H,6-12H2,1-5H3. The van der Waals surface area contributed by atoms with Gasteiger partial charge in [0.05, 0.1) is 0 Å². The number of likely N-dealkylation sites (tertiary alicyclic amines) is 1. The summed E-state index contributed by atoms with van der Waals surface area (Å²) in [4.78, 5) is 4.84. The second kappa shape index (κ2) is 8.13. The first-order valence-electron chi connectivity index (χ1n) is 7.66. The van der Waals surface area contributed by atoms with Crippen molar-refractivity contribution in [2.75, 3.05) is 40.8 Å². The monoisotopic (exact) mass is 255 g/mol. The fourth-order valence-electron chi connectivity index (χ4n) is 3.10. The topological polar surface area (TPSA) is 18.5 Å². The number of nitrogens with one attached hydrogen (secondary N) is 1. The molecule has 1 heterocycles. The molecule has 0 saturated carbocycles. The third-order valence-corrected chi connectivity index (χ3v) is 4.59. The number of hydrogen-bond acceptors (Lipinski definition) is 3. The minimum Gasteiger partial charge on any atom is -0.312 e. The lowest BCUT2D eigenvalue weighted by Crippen LogP contribution is -2.48. The van der Waals surface area contributed by atoms with E-state index in [-0.39, 0.29) is 0 Å². The van der Waals surface area contributed by atoms with Gasteiger partial charge in [0.25, 0.3) is 0 Å². The van der Waals surface area contributed by atoms with Crippen molar-refractivity contribution < 1.29 is 0 Å². The summed E-state index contributed by atoms with van der Waals surface area (Å²) in [7, 11) is 6.67. The number of likely N-dealkylation sites (N-methyl/N-ethyl adjacent to an activating group) is 1. The van der Waals surface area contributed by atoms with Crippen molar-refractivity contribution in [2.24, 2.45) is 5.92 Å². The molecule has 3 nitrogen and oxygen atoms in total. The van der Waals surface area contributed by atoms with Gasteiger partial charge in [0.1, 0.15) is 0 Å². The number of hydrogen-bond donors (Lipinski definition) is 1. The van der Waals surface area contributed by atoms with E-state index >= 15 is 0 Å². The molecule has 1 aliphatic heterocycles. The molecule has 0 aromatic rings. The molecule has 108 valence electrons. The molecule has 1 rings (SSSR count). The summed E-state index contributed by atoms with van der Waals surface area (Å²) in [6, 6.07) is 1.41. The van der Waals surface area contributed by atoms with Crippen molar-refractivity contribution in [1.82, 2.24) is 15.1 Å². The Hall–Kier alpha value is -0.120. The van der Waals surface area contributed by atoms with Crippen LogP contribution in [0.1, 0.15) is 39.5 Å². The summed E-state index contributed by atoms with van der Waals surface area (Å²) in [5.74, 6) is 0.818. The lowest BCUT2D eigenvalue weighted by Gasteiger charge is -2.35. The van der Waals surface area contributed by atoms with E-state index in [0.29, 0.717) is 6.04 Å². The summed E-state index contributed by atoms with van der Waals surface area (Å²) in [6.45, 7) is 8.28.